The molecule has 0 amide bonds. The summed E-state index contributed by atoms with van der Waals surface area (Å²) in [5, 5.41) is 22.4. The molecule has 7 nitrogen and oxygen atoms in total. The molecular weight excluding hydrogens is 388 g/mol. The Hall–Kier alpha value is -1.02. The smallest absolute Gasteiger partial charge is 0.302 e. The third-order valence-corrected chi connectivity index (χ3v) is 9.89. The first-order valence-electron chi connectivity index (χ1n) is 11.4. The number of aliphatic hydroxyl groups excluding tert-OH is 2. The number of aliphatic hydroxyl groups is 2. The molecule has 1 aliphatic heterocycles. The van der Waals surface area contributed by atoms with E-state index in [-0.39, 0.29) is 35.4 Å². The van der Waals surface area contributed by atoms with Gasteiger partial charge in [-0.25, -0.2) is 0 Å². The third-order valence-electron chi connectivity index (χ3n) is 9.89. The van der Waals surface area contributed by atoms with Crippen LogP contribution >= 0.6 is 0 Å². The molecule has 1 saturated heterocycles. The van der Waals surface area contributed by atoms with Gasteiger partial charge in [0.1, 0.15) is 11.9 Å². The van der Waals surface area contributed by atoms with E-state index in [0.717, 1.165) is 19.3 Å². The molecule has 5 aliphatic rings. The van der Waals surface area contributed by atoms with Crippen LogP contribution in [-0.2, 0) is 23.8 Å². The van der Waals surface area contributed by atoms with Crippen LogP contribution in [0.15, 0.2) is 0 Å². The Morgan fingerprint density at radius 2 is 1.97 bits per heavy atom. The van der Waals surface area contributed by atoms with E-state index in [1.54, 1.807) is 7.11 Å². The summed E-state index contributed by atoms with van der Waals surface area (Å²) in [5.41, 5.74) is -1.99. The van der Waals surface area contributed by atoms with Crippen molar-refractivity contribution >= 4 is 11.8 Å². The average Bonchev–Trinajstić information content (AvgIpc) is 2.81. The van der Waals surface area contributed by atoms with Gasteiger partial charge in [-0.15, -0.1) is 0 Å². The molecule has 1 heterocycles. The first-order valence-corrected chi connectivity index (χ1v) is 11.4. The molecule has 11 unspecified atom stereocenters. The topological polar surface area (TPSA) is 102 Å². The van der Waals surface area contributed by atoms with E-state index < -0.39 is 40.8 Å². The minimum atomic E-state index is -1.10. The molecule has 4 saturated carbocycles. The maximum atomic E-state index is 13.9. The SMILES string of the molecule is COC1CC2C3(C)CCCC2(COC3O)C2C(OC(C)=O)CC3C(C)C(=O)C12C3O. The Labute approximate surface area is 177 Å². The molecule has 4 aliphatic carbocycles. The molecule has 5 fully saturated rings. The van der Waals surface area contributed by atoms with Crippen LogP contribution in [-0.4, -0.2) is 60.3 Å². The van der Waals surface area contributed by atoms with Gasteiger partial charge in [0.25, 0.3) is 0 Å². The molecule has 2 N–H and O–H groups in total. The number of Topliss-reactive ketones (excluding diaryl/α,β-unsaturated/α-hetero) is 1. The summed E-state index contributed by atoms with van der Waals surface area (Å²) in [4.78, 5) is 25.9. The highest BCUT2D eigenvalue weighted by molar-refractivity contribution is 5.92. The van der Waals surface area contributed by atoms with E-state index in [9.17, 15) is 19.8 Å². The summed E-state index contributed by atoms with van der Waals surface area (Å²) in [5.74, 6) is -1.19. The molecule has 4 bridgehead atoms. The van der Waals surface area contributed by atoms with E-state index in [1.807, 2.05) is 6.92 Å². The number of ketones is 1. The van der Waals surface area contributed by atoms with Crippen molar-refractivity contribution in [2.24, 2.45) is 39.9 Å². The molecule has 11 atom stereocenters. The van der Waals surface area contributed by atoms with Crippen molar-refractivity contribution in [2.75, 3.05) is 13.7 Å². The minimum Gasteiger partial charge on any atom is -0.462 e. The number of rotatable bonds is 2. The molecule has 30 heavy (non-hydrogen) atoms. The van der Waals surface area contributed by atoms with Crippen LogP contribution in [0.4, 0.5) is 0 Å². The summed E-state index contributed by atoms with van der Waals surface area (Å²) in [6, 6.07) is 0. The molecule has 5 rings (SSSR count). The van der Waals surface area contributed by atoms with Crippen LogP contribution in [0.3, 0.4) is 0 Å². The average molecular weight is 423 g/mol. The first kappa shape index (κ1) is 20.9. The van der Waals surface area contributed by atoms with Crippen LogP contribution in [0.25, 0.3) is 0 Å². The van der Waals surface area contributed by atoms with Gasteiger partial charge in [0.05, 0.1) is 24.2 Å². The van der Waals surface area contributed by atoms with E-state index in [0.29, 0.717) is 19.4 Å². The normalized spacial score (nSPS) is 56.8. The maximum absolute atomic E-state index is 13.9. The lowest BCUT2D eigenvalue weighted by Crippen LogP contribution is -2.75. The lowest BCUT2D eigenvalue weighted by atomic mass is 9.38. The van der Waals surface area contributed by atoms with Gasteiger partial charge in [-0.05, 0) is 37.5 Å². The highest BCUT2D eigenvalue weighted by atomic mass is 16.6. The van der Waals surface area contributed by atoms with Crippen LogP contribution in [0.1, 0.15) is 52.9 Å². The lowest BCUT2D eigenvalue weighted by Gasteiger charge is -2.70. The van der Waals surface area contributed by atoms with Crippen LogP contribution < -0.4 is 0 Å². The van der Waals surface area contributed by atoms with Crippen molar-refractivity contribution in [3.63, 3.8) is 0 Å². The number of hydrogen-bond acceptors (Lipinski definition) is 7. The largest absolute Gasteiger partial charge is 0.462 e. The fourth-order valence-corrected chi connectivity index (χ4v) is 8.83. The second-order valence-corrected chi connectivity index (χ2v) is 10.8. The molecule has 0 aromatic rings. The number of methoxy groups -OCH3 is 1. The zero-order valence-corrected chi connectivity index (χ0v) is 18.3. The standard InChI is InChI=1S/C23H34O7/c1-11-13-8-14(30-12(2)24)17-22-7-5-6-21(3,20(27)29-10-22)15(22)9-16(28-4)23(17,18(11)25)19(13)26/h11,13-17,19-20,26-27H,5-10H2,1-4H3. The second kappa shape index (κ2) is 6.50. The molecule has 168 valence electrons. The Morgan fingerprint density at radius 1 is 1.23 bits per heavy atom. The molecular formula is C23H34O7. The third kappa shape index (κ3) is 2.20. The zero-order chi connectivity index (χ0) is 21.6. The van der Waals surface area contributed by atoms with Gasteiger partial charge in [0, 0.05) is 36.7 Å². The van der Waals surface area contributed by atoms with E-state index in [4.69, 9.17) is 14.2 Å². The highest BCUT2D eigenvalue weighted by Crippen LogP contribution is 2.73. The number of fused-ring (bicyclic) bond motifs is 1. The Balaban J connectivity index is 1.74. The predicted molar refractivity (Wildman–Crippen MR) is 105 cm³/mol. The summed E-state index contributed by atoms with van der Waals surface area (Å²) >= 11 is 0. The summed E-state index contributed by atoms with van der Waals surface area (Å²) in [7, 11) is 1.61. The van der Waals surface area contributed by atoms with Gasteiger partial charge in [-0.3, -0.25) is 9.59 Å². The predicted octanol–water partition coefficient (Wildman–Crippen LogP) is 1.68. The highest BCUT2D eigenvalue weighted by Gasteiger charge is 2.79. The molecule has 0 radical (unpaired) electrons. The molecule has 1 spiro atoms. The summed E-state index contributed by atoms with van der Waals surface area (Å²) < 4.78 is 17.8. The van der Waals surface area contributed by atoms with Gasteiger partial charge >= 0.3 is 5.97 Å². The lowest BCUT2D eigenvalue weighted by molar-refractivity contribution is -0.344. The van der Waals surface area contributed by atoms with Crippen molar-refractivity contribution in [1.82, 2.24) is 0 Å². The van der Waals surface area contributed by atoms with Crippen molar-refractivity contribution < 1.29 is 34.0 Å². The van der Waals surface area contributed by atoms with Crippen molar-refractivity contribution in [3.8, 4) is 0 Å². The van der Waals surface area contributed by atoms with Gasteiger partial charge in [-0.2, -0.15) is 0 Å². The van der Waals surface area contributed by atoms with Gasteiger partial charge < -0.3 is 24.4 Å². The van der Waals surface area contributed by atoms with Crippen molar-refractivity contribution in [3.05, 3.63) is 0 Å². The number of ether oxygens (including phenoxy) is 3. The number of esters is 1. The van der Waals surface area contributed by atoms with Gasteiger partial charge in [-0.1, -0.05) is 20.3 Å². The Morgan fingerprint density at radius 3 is 2.63 bits per heavy atom. The molecule has 0 aromatic heterocycles. The first-order chi connectivity index (χ1) is 14.1. The zero-order valence-electron chi connectivity index (χ0n) is 18.3. The van der Waals surface area contributed by atoms with E-state index >= 15 is 0 Å². The van der Waals surface area contributed by atoms with Crippen LogP contribution in [0, 0.1) is 39.9 Å². The van der Waals surface area contributed by atoms with Crippen molar-refractivity contribution in [2.45, 2.75) is 77.5 Å². The summed E-state index contributed by atoms with van der Waals surface area (Å²) in [6.45, 7) is 5.68. The Bertz CT molecular complexity index is 769. The molecule has 0 aromatic carbocycles. The monoisotopic (exact) mass is 422 g/mol. The minimum absolute atomic E-state index is 0.0396. The summed E-state index contributed by atoms with van der Waals surface area (Å²) in [6.07, 6.45) is 1.02. The van der Waals surface area contributed by atoms with Crippen molar-refractivity contribution in [1.29, 1.82) is 0 Å². The number of carbonyl (C=O) groups is 2. The fraction of sp³-hybridized carbons (Fsp3) is 0.913. The van der Waals surface area contributed by atoms with E-state index in [2.05, 4.69) is 6.92 Å². The quantitative estimate of drug-likeness (QED) is 0.653. The Kier molecular flexibility index (Phi) is 4.52. The van der Waals surface area contributed by atoms with Crippen LogP contribution in [0.2, 0.25) is 0 Å². The molecule has 7 heteroatoms. The van der Waals surface area contributed by atoms with Gasteiger partial charge in [0.2, 0.25) is 0 Å². The number of hydrogen-bond donors (Lipinski definition) is 2. The van der Waals surface area contributed by atoms with Gasteiger partial charge in [0.15, 0.2) is 6.29 Å². The second-order valence-electron chi connectivity index (χ2n) is 10.8. The fourth-order valence-electron chi connectivity index (χ4n) is 8.83. The van der Waals surface area contributed by atoms with E-state index in [1.165, 1.54) is 6.92 Å². The maximum Gasteiger partial charge on any atom is 0.302 e. The van der Waals surface area contributed by atoms with Crippen LogP contribution in [0.5, 0.6) is 0 Å². The number of carbonyl (C=O) groups excluding carboxylic acids is 2.